The van der Waals surface area contributed by atoms with Crippen LogP contribution in [0.1, 0.15) is 56.3 Å². The number of rotatable bonds is 8. The van der Waals surface area contributed by atoms with E-state index in [1.807, 2.05) is 32.0 Å². The van der Waals surface area contributed by atoms with Crippen molar-refractivity contribution in [2.24, 2.45) is 0 Å². The highest BCUT2D eigenvalue weighted by atomic mass is 16.5. The van der Waals surface area contributed by atoms with Crippen LogP contribution in [0.2, 0.25) is 0 Å². The fourth-order valence-electron chi connectivity index (χ4n) is 3.15. The second kappa shape index (κ2) is 9.49. The van der Waals surface area contributed by atoms with Gasteiger partial charge in [-0.2, -0.15) is 0 Å². The number of benzene rings is 2. The first-order valence-electron chi connectivity index (χ1n) is 9.56. The van der Waals surface area contributed by atoms with Crippen molar-refractivity contribution >= 4 is 5.91 Å². The van der Waals surface area contributed by atoms with Gasteiger partial charge in [0, 0.05) is 6.07 Å². The van der Waals surface area contributed by atoms with Crippen LogP contribution in [0.4, 0.5) is 0 Å². The molecule has 0 radical (unpaired) electrons. The van der Waals surface area contributed by atoms with Gasteiger partial charge in [0.1, 0.15) is 17.2 Å². The summed E-state index contributed by atoms with van der Waals surface area (Å²) in [5, 5.41) is 3.05. The Morgan fingerprint density at radius 2 is 1.61 bits per heavy atom. The van der Waals surface area contributed by atoms with Crippen LogP contribution in [0.15, 0.2) is 36.4 Å². The Hall–Kier alpha value is -2.69. The molecule has 2 atom stereocenters. The largest absolute Gasteiger partial charge is 0.497 e. The minimum atomic E-state index is -0.627. The molecule has 0 bridgehead atoms. The lowest BCUT2D eigenvalue weighted by atomic mass is 9.93. The van der Waals surface area contributed by atoms with Gasteiger partial charge in [-0.25, -0.2) is 0 Å². The summed E-state index contributed by atoms with van der Waals surface area (Å²) in [6.45, 7) is 10.0. The van der Waals surface area contributed by atoms with E-state index in [9.17, 15) is 4.79 Å². The molecule has 5 heteroatoms. The van der Waals surface area contributed by atoms with Crippen molar-refractivity contribution < 1.29 is 19.0 Å². The smallest absolute Gasteiger partial charge is 0.261 e. The Bertz CT molecular complexity index is 816. The summed E-state index contributed by atoms with van der Waals surface area (Å²) in [5.74, 6) is 2.32. The molecule has 2 aromatic rings. The number of amides is 1. The number of hydrogen-bond acceptors (Lipinski definition) is 4. The second-order valence-electron chi connectivity index (χ2n) is 7.27. The maximum absolute atomic E-state index is 12.6. The maximum Gasteiger partial charge on any atom is 0.261 e. The van der Waals surface area contributed by atoms with Crippen LogP contribution >= 0.6 is 0 Å². The lowest BCUT2D eigenvalue weighted by Crippen LogP contribution is -2.38. The summed E-state index contributed by atoms with van der Waals surface area (Å²) in [4.78, 5) is 12.6. The summed E-state index contributed by atoms with van der Waals surface area (Å²) in [6.07, 6.45) is -0.627. The van der Waals surface area contributed by atoms with Crippen LogP contribution in [0, 0.1) is 6.92 Å². The molecule has 0 aliphatic heterocycles. The van der Waals surface area contributed by atoms with E-state index >= 15 is 0 Å². The molecule has 0 unspecified atom stereocenters. The first kappa shape index (κ1) is 21.6. The van der Waals surface area contributed by atoms with Gasteiger partial charge in [0.2, 0.25) is 0 Å². The van der Waals surface area contributed by atoms with Gasteiger partial charge in [-0.3, -0.25) is 4.79 Å². The third kappa shape index (κ3) is 5.18. The summed E-state index contributed by atoms with van der Waals surface area (Å²) in [5.41, 5.74) is 3.28. The molecule has 2 aromatic carbocycles. The van der Waals surface area contributed by atoms with Crippen molar-refractivity contribution in [3.05, 3.63) is 53.1 Å². The number of ether oxygens (including phenoxy) is 3. The van der Waals surface area contributed by atoms with Gasteiger partial charge in [-0.15, -0.1) is 0 Å². The van der Waals surface area contributed by atoms with E-state index in [1.165, 1.54) is 0 Å². The van der Waals surface area contributed by atoms with E-state index in [0.29, 0.717) is 17.4 Å². The van der Waals surface area contributed by atoms with Crippen molar-refractivity contribution in [2.75, 3.05) is 14.2 Å². The maximum atomic E-state index is 12.6. The highest BCUT2D eigenvalue weighted by molar-refractivity contribution is 5.81. The third-order valence-electron chi connectivity index (χ3n) is 4.79. The monoisotopic (exact) mass is 385 g/mol. The Labute approximate surface area is 168 Å². The molecule has 28 heavy (non-hydrogen) atoms. The molecule has 1 amide bonds. The standard InChI is InChI=1S/C23H31NO4/c1-14(2)20-13-21(15(3)11-22(20)27-7)16(4)24-23(25)17(5)28-19-10-8-9-18(12-19)26-6/h8-14,16-17H,1-7H3,(H,24,25)/t16-,17-/m1/s1. The lowest BCUT2D eigenvalue weighted by Gasteiger charge is -2.23. The van der Waals surface area contributed by atoms with Crippen LogP contribution < -0.4 is 19.5 Å². The van der Waals surface area contributed by atoms with E-state index < -0.39 is 6.10 Å². The average Bonchev–Trinajstić information content (AvgIpc) is 2.67. The van der Waals surface area contributed by atoms with Crippen LogP contribution in [-0.4, -0.2) is 26.2 Å². The molecule has 0 aromatic heterocycles. The second-order valence-corrected chi connectivity index (χ2v) is 7.27. The van der Waals surface area contributed by atoms with Gasteiger partial charge in [0.05, 0.1) is 20.3 Å². The third-order valence-corrected chi connectivity index (χ3v) is 4.79. The van der Waals surface area contributed by atoms with Crippen molar-refractivity contribution in [3.63, 3.8) is 0 Å². The van der Waals surface area contributed by atoms with Crippen molar-refractivity contribution in [1.29, 1.82) is 0 Å². The highest BCUT2D eigenvalue weighted by Crippen LogP contribution is 2.32. The first-order chi connectivity index (χ1) is 13.3. The van der Waals surface area contributed by atoms with Gasteiger partial charge >= 0.3 is 0 Å². The Morgan fingerprint density at radius 3 is 2.21 bits per heavy atom. The van der Waals surface area contributed by atoms with Gasteiger partial charge < -0.3 is 19.5 Å². The molecule has 5 nitrogen and oxygen atoms in total. The van der Waals surface area contributed by atoms with Gasteiger partial charge in [0.25, 0.3) is 5.91 Å². The van der Waals surface area contributed by atoms with Crippen molar-refractivity contribution in [3.8, 4) is 17.2 Å². The highest BCUT2D eigenvalue weighted by Gasteiger charge is 2.20. The molecule has 0 spiro atoms. The molecule has 0 aliphatic rings. The fraction of sp³-hybridized carbons (Fsp3) is 0.435. The number of nitrogens with one attached hydrogen (secondary N) is 1. The van der Waals surface area contributed by atoms with E-state index in [2.05, 4.69) is 25.2 Å². The van der Waals surface area contributed by atoms with Gasteiger partial charge in [-0.1, -0.05) is 19.9 Å². The normalized spacial score (nSPS) is 13.0. The van der Waals surface area contributed by atoms with E-state index in [0.717, 1.165) is 22.4 Å². The molecule has 0 aliphatic carbocycles. The predicted molar refractivity (Wildman–Crippen MR) is 111 cm³/mol. The first-order valence-corrected chi connectivity index (χ1v) is 9.56. The Morgan fingerprint density at radius 1 is 0.929 bits per heavy atom. The Balaban J connectivity index is 2.11. The molecule has 0 saturated carbocycles. The quantitative estimate of drug-likeness (QED) is 0.710. The number of carbonyl (C=O) groups excluding carboxylic acids is 1. The zero-order chi connectivity index (χ0) is 20.8. The van der Waals surface area contributed by atoms with Crippen LogP contribution in [-0.2, 0) is 4.79 Å². The van der Waals surface area contributed by atoms with Crippen LogP contribution in [0.3, 0.4) is 0 Å². The zero-order valence-corrected chi connectivity index (χ0v) is 17.8. The van der Waals surface area contributed by atoms with Crippen LogP contribution in [0.5, 0.6) is 17.2 Å². The minimum Gasteiger partial charge on any atom is -0.497 e. The zero-order valence-electron chi connectivity index (χ0n) is 17.8. The molecule has 0 fully saturated rings. The molecule has 0 saturated heterocycles. The number of methoxy groups -OCH3 is 2. The molecule has 0 heterocycles. The van der Waals surface area contributed by atoms with Gasteiger partial charge in [0.15, 0.2) is 6.10 Å². The topological polar surface area (TPSA) is 56.8 Å². The SMILES string of the molecule is COc1cccc(O[C@H](C)C(=O)N[C@H](C)c2cc(C(C)C)c(OC)cc2C)c1. The summed E-state index contributed by atoms with van der Waals surface area (Å²) < 4.78 is 16.5. The number of carbonyl (C=O) groups is 1. The van der Waals surface area contributed by atoms with Crippen LogP contribution in [0.25, 0.3) is 0 Å². The van der Waals surface area contributed by atoms with Gasteiger partial charge in [-0.05, 0) is 67.6 Å². The summed E-state index contributed by atoms with van der Waals surface area (Å²) in [7, 11) is 3.28. The molecular weight excluding hydrogens is 354 g/mol. The molecular formula is C23H31NO4. The molecule has 2 rings (SSSR count). The average molecular weight is 386 g/mol. The van der Waals surface area contributed by atoms with E-state index in [-0.39, 0.29) is 11.9 Å². The number of hydrogen-bond donors (Lipinski definition) is 1. The number of aryl methyl sites for hydroxylation is 1. The Kier molecular flexibility index (Phi) is 7.32. The summed E-state index contributed by atoms with van der Waals surface area (Å²) in [6, 6.07) is 11.2. The lowest BCUT2D eigenvalue weighted by molar-refractivity contribution is -0.127. The predicted octanol–water partition coefficient (Wildman–Crippen LogP) is 4.78. The minimum absolute atomic E-state index is 0.146. The fourth-order valence-corrected chi connectivity index (χ4v) is 3.15. The molecule has 152 valence electrons. The van der Waals surface area contributed by atoms with Crippen molar-refractivity contribution in [2.45, 2.75) is 52.7 Å². The van der Waals surface area contributed by atoms with Crippen molar-refractivity contribution in [1.82, 2.24) is 5.32 Å². The summed E-state index contributed by atoms with van der Waals surface area (Å²) >= 11 is 0. The molecule has 1 N–H and O–H groups in total. The van der Waals surface area contributed by atoms with E-state index in [1.54, 1.807) is 33.3 Å². The van der Waals surface area contributed by atoms with E-state index in [4.69, 9.17) is 14.2 Å².